The number of fused-ring (bicyclic) bond motifs is 1. The lowest BCUT2D eigenvalue weighted by atomic mass is 10.1. The maximum atomic E-state index is 13.0. The fraction of sp³-hybridized carbons (Fsp3) is 0.333. The lowest BCUT2D eigenvalue weighted by Gasteiger charge is -2.34. The summed E-state index contributed by atoms with van der Waals surface area (Å²) in [7, 11) is 0. The second-order valence-corrected chi connectivity index (χ2v) is 6.15. The highest BCUT2D eigenvalue weighted by molar-refractivity contribution is 5.98. The molecule has 6 heteroatoms. The van der Waals surface area contributed by atoms with Crippen LogP contribution in [0.1, 0.15) is 33.7 Å². The van der Waals surface area contributed by atoms with Crippen molar-refractivity contribution in [1.82, 2.24) is 14.9 Å². The van der Waals surface area contributed by atoms with Crippen molar-refractivity contribution < 1.29 is 13.9 Å². The molecule has 1 atom stereocenters. The zero-order chi connectivity index (χ0) is 16.7. The van der Waals surface area contributed by atoms with Crippen LogP contribution < -0.4 is 0 Å². The van der Waals surface area contributed by atoms with Crippen LogP contribution in [0.25, 0.3) is 11.0 Å². The van der Waals surface area contributed by atoms with Gasteiger partial charge in [0.05, 0.1) is 13.2 Å². The summed E-state index contributed by atoms with van der Waals surface area (Å²) in [5.74, 6) is 1.59. The second kappa shape index (κ2) is 5.79. The van der Waals surface area contributed by atoms with E-state index in [2.05, 4.69) is 9.97 Å². The first kappa shape index (κ1) is 15.0. The number of hydrogen-bond donors (Lipinski definition) is 1. The molecule has 0 radical (unpaired) electrons. The average Bonchev–Trinajstić information content (AvgIpc) is 3.18. The van der Waals surface area contributed by atoms with Gasteiger partial charge in [-0.1, -0.05) is 0 Å². The van der Waals surface area contributed by atoms with Gasteiger partial charge < -0.3 is 19.0 Å². The fourth-order valence-corrected chi connectivity index (χ4v) is 3.15. The first-order valence-electron chi connectivity index (χ1n) is 8.02. The van der Waals surface area contributed by atoms with Gasteiger partial charge in [0.25, 0.3) is 5.91 Å². The van der Waals surface area contributed by atoms with E-state index in [0.29, 0.717) is 25.3 Å². The van der Waals surface area contributed by atoms with Crippen molar-refractivity contribution in [1.29, 1.82) is 0 Å². The number of hydrogen-bond acceptors (Lipinski definition) is 4. The van der Waals surface area contributed by atoms with Gasteiger partial charge in [0.2, 0.25) is 0 Å². The minimum atomic E-state index is -0.193. The van der Waals surface area contributed by atoms with E-state index in [9.17, 15) is 4.79 Å². The zero-order valence-electron chi connectivity index (χ0n) is 13.7. The molecule has 6 nitrogen and oxygen atoms in total. The number of benzene rings is 1. The minimum Gasteiger partial charge on any atom is -0.461 e. The van der Waals surface area contributed by atoms with E-state index in [4.69, 9.17) is 9.15 Å². The Balaban J connectivity index is 1.67. The molecule has 0 spiro atoms. The van der Waals surface area contributed by atoms with Gasteiger partial charge in [-0.2, -0.15) is 0 Å². The van der Waals surface area contributed by atoms with Crippen LogP contribution in [0.2, 0.25) is 0 Å². The summed E-state index contributed by atoms with van der Waals surface area (Å²) in [6.45, 7) is 5.38. The summed E-state index contributed by atoms with van der Waals surface area (Å²) in [6, 6.07) is 7.30. The lowest BCUT2D eigenvalue weighted by Crippen LogP contribution is -2.43. The van der Waals surface area contributed by atoms with Gasteiger partial charge in [-0.25, -0.2) is 4.98 Å². The Morgan fingerprint density at radius 1 is 1.33 bits per heavy atom. The standard InChI is InChI=1S/C18H19N3O3/c1-11-9-19-17(20-11)15-10-23-6-5-21(15)18(22)13-3-4-16-14(8-13)7-12(2)24-16/h3-4,7-9,15H,5-6,10H2,1-2H3,(H,19,20)/t15-/m1/s1. The number of H-pyrrole nitrogens is 1. The van der Waals surface area contributed by atoms with E-state index in [0.717, 1.165) is 28.2 Å². The SMILES string of the molecule is Cc1cnc([C@H]2COCCN2C(=O)c2ccc3oc(C)cc3c2)[nH]1. The number of aromatic nitrogens is 2. The number of morpholine rings is 1. The van der Waals surface area contributed by atoms with Crippen LogP contribution in [0.4, 0.5) is 0 Å². The van der Waals surface area contributed by atoms with Gasteiger partial charge in [-0.15, -0.1) is 0 Å². The van der Waals surface area contributed by atoms with Gasteiger partial charge in [0, 0.05) is 29.4 Å². The van der Waals surface area contributed by atoms with Crippen molar-refractivity contribution in [3.63, 3.8) is 0 Å². The molecule has 3 heterocycles. The topological polar surface area (TPSA) is 71.4 Å². The summed E-state index contributed by atoms with van der Waals surface area (Å²) in [5.41, 5.74) is 2.42. The molecule has 0 bridgehead atoms. The number of imidazole rings is 1. The van der Waals surface area contributed by atoms with E-state index in [1.807, 2.05) is 43.0 Å². The zero-order valence-corrected chi connectivity index (χ0v) is 13.7. The van der Waals surface area contributed by atoms with Crippen LogP contribution in [-0.4, -0.2) is 40.5 Å². The lowest BCUT2D eigenvalue weighted by molar-refractivity contribution is -0.00500. The molecule has 1 aromatic carbocycles. The number of amides is 1. The number of rotatable bonds is 2. The van der Waals surface area contributed by atoms with Gasteiger partial charge >= 0.3 is 0 Å². The third-order valence-corrected chi connectivity index (χ3v) is 4.31. The van der Waals surface area contributed by atoms with E-state index >= 15 is 0 Å². The first-order valence-corrected chi connectivity index (χ1v) is 8.02. The molecule has 3 aromatic rings. The molecule has 2 aromatic heterocycles. The third-order valence-electron chi connectivity index (χ3n) is 4.31. The van der Waals surface area contributed by atoms with Gasteiger partial charge in [-0.3, -0.25) is 4.79 Å². The van der Waals surface area contributed by atoms with Crippen LogP contribution in [0.3, 0.4) is 0 Å². The third kappa shape index (κ3) is 2.59. The first-order chi connectivity index (χ1) is 11.6. The Hall–Kier alpha value is -2.60. The Bertz CT molecular complexity index is 896. The molecular formula is C18H19N3O3. The number of nitrogens with zero attached hydrogens (tertiary/aromatic N) is 2. The molecule has 1 amide bonds. The Morgan fingerprint density at radius 3 is 3.00 bits per heavy atom. The van der Waals surface area contributed by atoms with Crippen LogP contribution in [0.15, 0.2) is 34.9 Å². The molecule has 24 heavy (non-hydrogen) atoms. The largest absolute Gasteiger partial charge is 0.461 e. The van der Waals surface area contributed by atoms with E-state index < -0.39 is 0 Å². The molecule has 1 aliphatic rings. The molecule has 1 aliphatic heterocycles. The highest BCUT2D eigenvalue weighted by Gasteiger charge is 2.31. The molecular weight excluding hydrogens is 306 g/mol. The van der Waals surface area contributed by atoms with Crippen molar-refractivity contribution in [3.05, 3.63) is 53.3 Å². The summed E-state index contributed by atoms with van der Waals surface area (Å²) in [5, 5.41) is 0.942. The number of carbonyl (C=O) groups excluding carboxylic acids is 1. The molecule has 1 fully saturated rings. The highest BCUT2D eigenvalue weighted by atomic mass is 16.5. The predicted octanol–water partition coefficient (Wildman–Crippen LogP) is 2.99. The van der Waals surface area contributed by atoms with Crippen LogP contribution >= 0.6 is 0 Å². The van der Waals surface area contributed by atoms with Crippen molar-refractivity contribution in [3.8, 4) is 0 Å². The molecule has 1 saturated heterocycles. The molecule has 1 N–H and O–H groups in total. The summed E-state index contributed by atoms with van der Waals surface area (Å²) in [4.78, 5) is 22.5. The molecule has 0 unspecified atom stereocenters. The summed E-state index contributed by atoms with van der Waals surface area (Å²) >= 11 is 0. The van der Waals surface area contributed by atoms with Crippen LogP contribution in [-0.2, 0) is 4.74 Å². The Labute approximate surface area is 139 Å². The number of aromatic amines is 1. The number of furan rings is 1. The molecule has 4 rings (SSSR count). The second-order valence-electron chi connectivity index (χ2n) is 6.15. The van der Waals surface area contributed by atoms with Gasteiger partial charge in [-0.05, 0) is 38.1 Å². The average molecular weight is 325 g/mol. The predicted molar refractivity (Wildman–Crippen MR) is 88.9 cm³/mol. The maximum Gasteiger partial charge on any atom is 0.254 e. The highest BCUT2D eigenvalue weighted by Crippen LogP contribution is 2.26. The van der Waals surface area contributed by atoms with Crippen molar-refractivity contribution in [2.75, 3.05) is 19.8 Å². The van der Waals surface area contributed by atoms with Gasteiger partial charge in [0.1, 0.15) is 23.2 Å². The molecule has 124 valence electrons. The summed E-state index contributed by atoms with van der Waals surface area (Å²) < 4.78 is 11.1. The van der Waals surface area contributed by atoms with Crippen molar-refractivity contribution in [2.45, 2.75) is 19.9 Å². The fourth-order valence-electron chi connectivity index (χ4n) is 3.15. The normalized spacial score (nSPS) is 18.2. The Kier molecular flexibility index (Phi) is 3.61. The Morgan fingerprint density at radius 2 is 2.21 bits per heavy atom. The minimum absolute atomic E-state index is 0.0156. The number of ether oxygens (including phenoxy) is 1. The van der Waals surface area contributed by atoms with Crippen LogP contribution in [0, 0.1) is 13.8 Å². The smallest absolute Gasteiger partial charge is 0.254 e. The quantitative estimate of drug-likeness (QED) is 0.786. The molecule has 0 aliphatic carbocycles. The summed E-state index contributed by atoms with van der Waals surface area (Å²) in [6.07, 6.45) is 1.77. The van der Waals surface area contributed by atoms with E-state index in [1.165, 1.54) is 0 Å². The van der Waals surface area contributed by atoms with Crippen LogP contribution in [0.5, 0.6) is 0 Å². The molecule has 0 saturated carbocycles. The van der Waals surface area contributed by atoms with Crippen molar-refractivity contribution >= 4 is 16.9 Å². The number of nitrogens with one attached hydrogen (secondary N) is 1. The van der Waals surface area contributed by atoms with Crippen molar-refractivity contribution in [2.24, 2.45) is 0 Å². The maximum absolute atomic E-state index is 13.0. The number of carbonyl (C=O) groups is 1. The van der Waals surface area contributed by atoms with E-state index in [1.54, 1.807) is 6.20 Å². The van der Waals surface area contributed by atoms with E-state index in [-0.39, 0.29) is 11.9 Å². The van der Waals surface area contributed by atoms with Gasteiger partial charge in [0.15, 0.2) is 0 Å². The monoisotopic (exact) mass is 325 g/mol. The number of aryl methyl sites for hydroxylation is 2.